The number of nitrogens with one attached hydrogen (secondary N) is 1. The van der Waals surface area contributed by atoms with Crippen LogP contribution in [0.3, 0.4) is 0 Å². The minimum Gasteiger partial charge on any atom is -0.380 e. The van der Waals surface area contributed by atoms with Gasteiger partial charge in [-0.05, 0) is 60.8 Å². The molecule has 0 atom stereocenters. The number of benzene rings is 1. The van der Waals surface area contributed by atoms with Crippen molar-refractivity contribution in [1.82, 2.24) is 5.32 Å². The lowest BCUT2D eigenvalue weighted by atomic mass is 9.92. The SMILES string of the molecule is CCc1cc(CC)c(CCOCCNC2CC2)c(CC)c1. The summed E-state index contributed by atoms with van der Waals surface area (Å²) in [6.07, 6.45) is 7.13. The van der Waals surface area contributed by atoms with E-state index in [0.29, 0.717) is 0 Å². The first-order chi connectivity index (χ1) is 10.3. The van der Waals surface area contributed by atoms with Gasteiger partial charge in [0.05, 0.1) is 13.2 Å². The summed E-state index contributed by atoms with van der Waals surface area (Å²) in [5.41, 5.74) is 6.05. The molecule has 1 aromatic carbocycles. The normalized spacial score (nSPS) is 14.6. The first kappa shape index (κ1) is 16.5. The molecule has 118 valence electrons. The number of hydrogen-bond donors (Lipinski definition) is 1. The first-order valence-corrected chi connectivity index (χ1v) is 8.73. The lowest BCUT2D eigenvalue weighted by molar-refractivity contribution is 0.138. The second kappa shape index (κ2) is 8.55. The van der Waals surface area contributed by atoms with Crippen molar-refractivity contribution in [2.24, 2.45) is 0 Å². The maximum atomic E-state index is 5.81. The van der Waals surface area contributed by atoms with Crippen LogP contribution in [0, 0.1) is 0 Å². The summed E-state index contributed by atoms with van der Waals surface area (Å²) < 4.78 is 5.81. The summed E-state index contributed by atoms with van der Waals surface area (Å²) in [5, 5.41) is 3.49. The molecule has 0 amide bonds. The Kier molecular flexibility index (Phi) is 6.72. The number of rotatable bonds is 10. The number of aryl methyl sites for hydroxylation is 3. The topological polar surface area (TPSA) is 21.3 Å². The van der Waals surface area contributed by atoms with E-state index in [4.69, 9.17) is 4.74 Å². The quantitative estimate of drug-likeness (QED) is 0.663. The van der Waals surface area contributed by atoms with Crippen LogP contribution >= 0.6 is 0 Å². The summed E-state index contributed by atoms with van der Waals surface area (Å²) >= 11 is 0. The molecule has 1 aromatic rings. The minimum absolute atomic E-state index is 0.786. The molecular weight excluding hydrogens is 258 g/mol. The third-order valence-corrected chi connectivity index (χ3v) is 4.42. The van der Waals surface area contributed by atoms with Gasteiger partial charge in [0.15, 0.2) is 0 Å². The maximum absolute atomic E-state index is 5.81. The molecule has 21 heavy (non-hydrogen) atoms. The van der Waals surface area contributed by atoms with Gasteiger partial charge in [0.2, 0.25) is 0 Å². The minimum atomic E-state index is 0.786. The van der Waals surface area contributed by atoms with Gasteiger partial charge in [0, 0.05) is 12.6 Å². The fourth-order valence-electron chi connectivity index (χ4n) is 2.92. The Morgan fingerprint density at radius 3 is 2.19 bits per heavy atom. The van der Waals surface area contributed by atoms with Crippen LogP contribution in [0.15, 0.2) is 12.1 Å². The summed E-state index contributed by atoms with van der Waals surface area (Å²) in [6, 6.07) is 5.57. The van der Waals surface area contributed by atoms with E-state index in [1.807, 2.05) is 0 Å². The van der Waals surface area contributed by atoms with Crippen LogP contribution < -0.4 is 5.32 Å². The highest BCUT2D eigenvalue weighted by molar-refractivity contribution is 5.40. The standard InChI is InChI=1S/C19H31NO/c1-4-15-13-16(5-2)19(17(6-3)14-15)9-11-21-12-10-20-18-7-8-18/h13-14,18,20H,4-12H2,1-3H3. The van der Waals surface area contributed by atoms with Gasteiger partial charge in [0.25, 0.3) is 0 Å². The Morgan fingerprint density at radius 2 is 1.67 bits per heavy atom. The second-order valence-corrected chi connectivity index (χ2v) is 6.04. The summed E-state index contributed by atoms with van der Waals surface area (Å²) in [7, 11) is 0. The van der Waals surface area contributed by atoms with E-state index in [1.165, 1.54) is 35.1 Å². The molecule has 0 saturated heterocycles. The molecule has 0 aliphatic heterocycles. The average Bonchev–Trinajstić information content (AvgIpc) is 3.34. The first-order valence-electron chi connectivity index (χ1n) is 8.73. The molecule has 0 radical (unpaired) electrons. The molecule has 1 fully saturated rings. The Balaban J connectivity index is 1.84. The Morgan fingerprint density at radius 1 is 1.00 bits per heavy atom. The Bertz CT molecular complexity index is 412. The average molecular weight is 289 g/mol. The van der Waals surface area contributed by atoms with E-state index >= 15 is 0 Å². The molecule has 0 spiro atoms. The molecular formula is C19H31NO. The molecule has 1 aliphatic carbocycles. The van der Waals surface area contributed by atoms with E-state index in [-0.39, 0.29) is 0 Å². The van der Waals surface area contributed by atoms with Gasteiger partial charge in [-0.15, -0.1) is 0 Å². The van der Waals surface area contributed by atoms with E-state index in [0.717, 1.165) is 51.5 Å². The molecule has 1 saturated carbocycles. The molecule has 1 aliphatic rings. The lowest BCUT2D eigenvalue weighted by Crippen LogP contribution is -2.22. The smallest absolute Gasteiger partial charge is 0.0591 e. The van der Waals surface area contributed by atoms with Crippen LogP contribution in [0.2, 0.25) is 0 Å². The van der Waals surface area contributed by atoms with Crippen LogP contribution in [0.25, 0.3) is 0 Å². The van der Waals surface area contributed by atoms with Crippen molar-refractivity contribution < 1.29 is 4.74 Å². The van der Waals surface area contributed by atoms with Crippen molar-refractivity contribution in [1.29, 1.82) is 0 Å². The lowest BCUT2D eigenvalue weighted by Gasteiger charge is -2.16. The predicted molar refractivity (Wildman–Crippen MR) is 90.1 cm³/mol. The molecule has 0 heterocycles. The van der Waals surface area contributed by atoms with Crippen molar-refractivity contribution in [2.45, 2.75) is 65.3 Å². The highest BCUT2D eigenvalue weighted by atomic mass is 16.5. The van der Waals surface area contributed by atoms with Crippen LogP contribution in [0.5, 0.6) is 0 Å². The number of hydrogen-bond acceptors (Lipinski definition) is 2. The highest BCUT2D eigenvalue weighted by Crippen LogP contribution is 2.21. The third-order valence-electron chi connectivity index (χ3n) is 4.42. The van der Waals surface area contributed by atoms with E-state index < -0.39 is 0 Å². The van der Waals surface area contributed by atoms with Crippen molar-refractivity contribution in [3.8, 4) is 0 Å². The molecule has 2 rings (SSSR count). The van der Waals surface area contributed by atoms with Crippen LogP contribution in [-0.2, 0) is 30.4 Å². The van der Waals surface area contributed by atoms with Gasteiger partial charge >= 0.3 is 0 Å². The van der Waals surface area contributed by atoms with Crippen LogP contribution in [0.1, 0.15) is 55.9 Å². The zero-order valence-corrected chi connectivity index (χ0v) is 14.0. The summed E-state index contributed by atoms with van der Waals surface area (Å²) in [5.74, 6) is 0. The summed E-state index contributed by atoms with van der Waals surface area (Å²) in [4.78, 5) is 0. The van der Waals surface area contributed by atoms with E-state index in [1.54, 1.807) is 0 Å². The van der Waals surface area contributed by atoms with E-state index in [2.05, 4.69) is 38.2 Å². The van der Waals surface area contributed by atoms with Crippen molar-refractivity contribution in [2.75, 3.05) is 19.8 Å². The zero-order chi connectivity index (χ0) is 15.1. The second-order valence-electron chi connectivity index (χ2n) is 6.04. The fourth-order valence-corrected chi connectivity index (χ4v) is 2.92. The third kappa shape index (κ3) is 5.12. The van der Waals surface area contributed by atoms with Gasteiger partial charge in [-0.1, -0.05) is 32.9 Å². The Labute approximate surface area is 130 Å². The van der Waals surface area contributed by atoms with Gasteiger partial charge in [-0.25, -0.2) is 0 Å². The number of ether oxygens (including phenoxy) is 1. The van der Waals surface area contributed by atoms with Crippen molar-refractivity contribution >= 4 is 0 Å². The molecule has 0 unspecified atom stereocenters. The largest absolute Gasteiger partial charge is 0.380 e. The predicted octanol–water partition coefficient (Wildman–Crippen LogP) is 3.68. The molecule has 1 N–H and O–H groups in total. The van der Waals surface area contributed by atoms with Gasteiger partial charge in [-0.3, -0.25) is 0 Å². The molecule has 2 nitrogen and oxygen atoms in total. The van der Waals surface area contributed by atoms with E-state index in [9.17, 15) is 0 Å². The Hall–Kier alpha value is -0.860. The van der Waals surface area contributed by atoms with Crippen LogP contribution in [-0.4, -0.2) is 25.8 Å². The summed E-state index contributed by atoms with van der Waals surface area (Å²) in [6.45, 7) is 9.45. The molecule has 2 heteroatoms. The van der Waals surface area contributed by atoms with Gasteiger partial charge in [-0.2, -0.15) is 0 Å². The van der Waals surface area contributed by atoms with Gasteiger partial charge in [0.1, 0.15) is 0 Å². The molecule has 0 aromatic heterocycles. The van der Waals surface area contributed by atoms with Crippen LogP contribution in [0.4, 0.5) is 0 Å². The zero-order valence-electron chi connectivity index (χ0n) is 14.0. The van der Waals surface area contributed by atoms with Gasteiger partial charge < -0.3 is 10.1 Å². The fraction of sp³-hybridized carbons (Fsp3) is 0.684. The highest BCUT2D eigenvalue weighted by Gasteiger charge is 2.19. The van der Waals surface area contributed by atoms with Crippen molar-refractivity contribution in [3.05, 3.63) is 34.4 Å². The van der Waals surface area contributed by atoms with Crippen molar-refractivity contribution in [3.63, 3.8) is 0 Å². The maximum Gasteiger partial charge on any atom is 0.0591 e. The molecule has 0 bridgehead atoms. The monoisotopic (exact) mass is 289 g/mol.